The zero-order chi connectivity index (χ0) is 12.4. The Labute approximate surface area is 98.1 Å². The number of ketones is 1. The van der Waals surface area contributed by atoms with Gasteiger partial charge in [0.2, 0.25) is 0 Å². The van der Waals surface area contributed by atoms with E-state index in [2.05, 4.69) is 4.98 Å². The van der Waals surface area contributed by atoms with Crippen LogP contribution in [0.2, 0.25) is 0 Å². The Bertz CT molecular complexity index is 615. The van der Waals surface area contributed by atoms with Gasteiger partial charge in [-0.05, 0) is 13.0 Å². The van der Waals surface area contributed by atoms with Gasteiger partial charge in [0.15, 0.2) is 5.78 Å². The second-order valence-corrected chi connectivity index (χ2v) is 3.79. The zero-order valence-electron chi connectivity index (χ0n) is 9.36. The largest absolute Gasteiger partial charge is 0.394 e. The van der Waals surface area contributed by atoms with Crippen molar-refractivity contribution in [1.29, 1.82) is 0 Å². The smallest absolute Gasteiger partial charge is 0.271 e. The van der Waals surface area contributed by atoms with E-state index >= 15 is 0 Å². The normalized spacial score (nSPS) is 10.2. The number of pyridine rings is 1. The van der Waals surface area contributed by atoms with Gasteiger partial charge in [-0.2, -0.15) is 0 Å². The molecular formula is C13H12N2O2. The summed E-state index contributed by atoms with van der Waals surface area (Å²) in [5, 5.41) is 0. The number of nitrogens with one attached hydrogen (secondary N) is 1. The van der Waals surface area contributed by atoms with Crippen molar-refractivity contribution in [2.75, 3.05) is 5.73 Å². The molecule has 0 spiro atoms. The molecule has 0 atom stereocenters. The molecule has 0 aliphatic carbocycles. The van der Waals surface area contributed by atoms with E-state index in [0.29, 0.717) is 16.8 Å². The van der Waals surface area contributed by atoms with Crippen LogP contribution in [-0.2, 0) is 0 Å². The number of carbonyl (C=O) groups excluding carboxylic acids is 1. The molecule has 0 amide bonds. The number of anilines is 1. The summed E-state index contributed by atoms with van der Waals surface area (Å²) >= 11 is 0. The van der Waals surface area contributed by atoms with Gasteiger partial charge in [0, 0.05) is 16.8 Å². The van der Waals surface area contributed by atoms with Crippen molar-refractivity contribution in [3.63, 3.8) is 0 Å². The Morgan fingerprint density at radius 1 is 1.24 bits per heavy atom. The average molecular weight is 228 g/mol. The number of aromatic nitrogens is 1. The Hall–Kier alpha value is -2.36. The molecule has 0 saturated carbocycles. The fourth-order valence-corrected chi connectivity index (χ4v) is 1.62. The highest BCUT2D eigenvalue weighted by Gasteiger charge is 2.13. The maximum Gasteiger partial charge on any atom is 0.271 e. The third-order valence-electron chi connectivity index (χ3n) is 2.55. The molecule has 3 N–H and O–H groups in total. The van der Waals surface area contributed by atoms with Gasteiger partial charge in [-0.1, -0.05) is 30.3 Å². The van der Waals surface area contributed by atoms with Crippen molar-refractivity contribution in [3.8, 4) is 0 Å². The summed E-state index contributed by atoms with van der Waals surface area (Å²) < 4.78 is 0. The molecule has 4 nitrogen and oxygen atoms in total. The zero-order valence-corrected chi connectivity index (χ0v) is 9.36. The number of H-pyrrole nitrogens is 1. The number of aryl methyl sites for hydroxylation is 1. The molecule has 4 heteroatoms. The summed E-state index contributed by atoms with van der Waals surface area (Å²) in [6, 6.07) is 10.3. The molecule has 0 unspecified atom stereocenters. The third-order valence-corrected chi connectivity index (χ3v) is 2.55. The van der Waals surface area contributed by atoms with E-state index in [1.54, 1.807) is 31.2 Å². The highest BCUT2D eigenvalue weighted by Crippen LogP contribution is 2.12. The van der Waals surface area contributed by atoms with E-state index in [1.165, 1.54) is 6.07 Å². The van der Waals surface area contributed by atoms with Crippen LogP contribution >= 0.6 is 0 Å². The molecule has 0 fully saturated rings. The number of nitrogens with two attached hydrogens (primary N) is 1. The molecular weight excluding hydrogens is 216 g/mol. The third kappa shape index (κ3) is 2.10. The first-order chi connectivity index (χ1) is 8.09. The standard InChI is InChI=1S/C13H12N2O2/c1-8-10(7-11(14)13(17)15-8)12(16)9-5-3-2-4-6-9/h2-7H,14H2,1H3,(H,15,17). The summed E-state index contributed by atoms with van der Waals surface area (Å²) in [6.45, 7) is 1.68. The highest BCUT2D eigenvalue weighted by molar-refractivity contribution is 6.09. The number of rotatable bonds is 2. The molecule has 1 aromatic carbocycles. The number of hydrogen-bond acceptors (Lipinski definition) is 3. The Kier molecular flexibility index (Phi) is 2.78. The lowest BCUT2D eigenvalue weighted by atomic mass is 10.0. The van der Waals surface area contributed by atoms with E-state index < -0.39 is 0 Å². The molecule has 0 bridgehead atoms. The molecule has 1 heterocycles. The van der Waals surface area contributed by atoms with Gasteiger partial charge >= 0.3 is 0 Å². The molecule has 1 aromatic heterocycles. The molecule has 2 aromatic rings. The Morgan fingerprint density at radius 3 is 2.53 bits per heavy atom. The van der Waals surface area contributed by atoms with Crippen LogP contribution in [0.1, 0.15) is 21.6 Å². The minimum absolute atomic E-state index is 0.0508. The van der Waals surface area contributed by atoms with Gasteiger partial charge in [0.1, 0.15) is 0 Å². The lowest BCUT2D eigenvalue weighted by molar-refractivity contribution is 0.103. The van der Waals surface area contributed by atoms with Gasteiger partial charge < -0.3 is 10.7 Å². The van der Waals surface area contributed by atoms with Crippen LogP contribution in [0.5, 0.6) is 0 Å². The summed E-state index contributed by atoms with van der Waals surface area (Å²) in [5.74, 6) is -0.147. The van der Waals surface area contributed by atoms with Gasteiger partial charge in [-0.25, -0.2) is 0 Å². The predicted octanol–water partition coefficient (Wildman–Crippen LogP) is 1.50. The topological polar surface area (TPSA) is 75.9 Å². The molecule has 0 saturated heterocycles. The molecule has 0 aliphatic heterocycles. The van der Waals surface area contributed by atoms with E-state index in [4.69, 9.17) is 5.73 Å². The quantitative estimate of drug-likeness (QED) is 0.765. The van der Waals surface area contributed by atoms with E-state index in [9.17, 15) is 9.59 Å². The summed E-state index contributed by atoms with van der Waals surface area (Å²) in [6.07, 6.45) is 0. The van der Waals surface area contributed by atoms with Gasteiger partial charge in [-0.15, -0.1) is 0 Å². The molecule has 0 aliphatic rings. The first-order valence-electron chi connectivity index (χ1n) is 5.18. The monoisotopic (exact) mass is 228 g/mol. The minimum Gasteiger partial charge on any atom is -0.394 e. The summed E-state index contributed by atoms with van der Waals surface area (Å²) in [5.41, 5.74) is 6.71. The van der Waals surface area contributed by atoms with Crippen LogP contribution in [0.25, 0.3) is 0 Å². The van der Waals surface area contributed by atoms with Crippen LogP contribution in [0.15, 0.2) is 41.2 Å². The predicted molar refractivity (Wildman–Crippen MR) is 66.1 cm³/mol. The Balaban J connectivity index is 2.52. The molecule has 86 valence electrons. The number of hydrogen-bond donors (Lipinski definition) is 2. The van der Waals surface area contributed by atoms with Crippen LogP contribution in [0.3, 0.4) is 0 Å². The second kappa shape index (κ2) is 4.25. The van der Waals surface area contributed by atoms with Crippen LogP contribution < -0.4 is 11.3 Å². The van der Waals surface area contributed by atoms with Crippen molar-refractivity contribution < 1.29 is 4.79 Å². The van der Waals surface area contributed by atoms with Gasteiger partial charge in [-0.3, -0.25) is 9.59 Å². The van der Waals surface area contributed by atoms with Crippen molar-refractivity contribution >= 4 is 11.5 Å². The maximum atomic E-state index is 12.2. The summed E-state index contributed by atoms with van der Waals surface area (Å²) in [4.78, 5) is 26.0. The van der Waals surface area contributed by atoms with Crippen molar-refractivity contribution in [2.45, 2.75) is 6.92 Å². The van der Waals surface area contributed by atoms with Crippen LogP contribution in [-0.4, -0.2) is 10.8 Å². The molecule has 17 heavy (non-hydrogen) atoms. The van der Waals surface area contributed by atoms with Gasteiger partial charge in [0.05, 0.1) is 5.69 Å². The molecule has 0 radical (unpaired) electrons. The number of aromatic amines is 1. The highest BCUT2D eigenvalue weighted by atomic mass is 16.1. The van der Waals surface area contributed by atoms with E-state index in [1.807, 2.05) is 6.07 Å². The minimum atomic E-state index is -0.368. The first kappa shape index (κ1) is 11.1. The maximum absolute atomic E-state index is 12.2. The fraction of sp³-hybridized carbons (Fsp3) is 0.0769. The second-order valence-electron chi connectivity index (χ2n) is 3.79. The van der Waals surface area contributed by atoms with Crippen molar-refractivity contribution in [2.24, 2.45) is 0 Å². The number of carbonyl (C=O) groups is 1. The Morgan fingerprint density at radius 2 is 1.88 bits per heavy atom. The lowest BCUT2D eigenvalue weighted by Gasteiger charge is -2.05. The number of nitrogen functional groups attached to an aromatic ring is 1. The van der Waals surface area contributed by atoms with Crippen molar-refractivity contribution in [1.82, 2.24) is 4.98 Å². The SMILES string of the molecule is Cc1[nH]c(=O)c(N)cc1C(=O)c1ccccc1. The van der Waals surface area contributed by atoms with Crippen LogP contribution in [0, 0.1) is 6.92 Å². The fourth-order valence-electron chi connectivity index (χ4n) is 1.62. The molecule has 2 rings (SSSR count). The van der Waals surface area contributed by atoms with Gasteiger partial charge in [0.25, 0.3) is 5.56 Å². The number of benzene rings is 1. The van der Waals surface area contributed by atoms with E-state index in [0.717, 1.165) is 0 Å². The van der Waals surface area contributed by atoms with Crippen LogP contribution in [0.4, 0.5) is 5.69 Å². The average Bonchev–Trinajstić information content (AvgIpc) is 2.34. The van der Waals surface area contributed by atoms with Crippen molar-refractivity contribution in [3.05, 3.63) is 63.6 Å². The van der Waals surface area contributed by atoms with E-state index in [-0.39, 0.29) is 17.0 Å². The summed E-state index contributed by atoms with van der Waals surface area (Å²) in [7, 11) is 0. The first-order valence-corrected chi connectivity index (χ1v) is 5.18. The lowest BCUT2D eigenvalue weighted by Crippen LogP contribution is -2.16.